The molecule has 0 saturated heterocycles. The van der Waals surface area contributed by atoms with Gasteiger partial charge in [0.2, 0.25) is 0 Å². The summed E-state index contributed by atoms with van der Waals surface area (Å²) in [4.78, 5) is 0. The van der Waals surface area contributed by atoms with Crippen molar-refractivity contribution in [2.45, 2.75) is 12.0 Å². The molecule has 2 aromatic carbocycles. The fourth-order valence-corrected chi connectivity index (χ4v) is 2.80. The van der Waals surface area contributed by atoms with Crippen molar-refractivity contribution in [2.24, 2.45) is 5.73 Å². The van der Waals surface area contributed by atoms with Crippen molar-refractivity contribution in [1.29, 1.82) is 0 Å². The maximum absolute atomic E-state index is 13.3. The zero-order valence-corrected chi connectivity index (χ0v) is 12.1. The predicted octanol–water partition coefficient (Wildman–Crippen LogP) is 3.91. The minimum Gasteiger partial charge on any atom is -0.388 e. The highest BCUT2D eigenvalue weighted by atomic mass is 35.5. The van der Waals surface area contributed by atoms with Crippen molar-refractivity contribution in [1.82, 2.24) is 0 Å². The van der Waals surface area contributed by atoms with Crippen LogP contribution in [0.25, 0.3) is 0 Å². The normalized spacial score (nSPS) is 14.1. The van der Waals surface area contributed by atoms with Crippen molar-refractivity contribution in [3.8, 4) is 0 Å². The first-order valence-electron chi connectivity index (χ1n) is 6.12. The van der Waals surface area contributed by atoms with Crippen molar-refractivity contribution >= 4 is 23.2 Å². The van der Waals surface area contributed by atoms with Gasteiger partial charge in [-0.05, 0) is 29.8 Å². The van der Waals surface area contributed by atoms with Gasteiger partial charge >= 0.3 is 0 Å². The average Bonchev–Trinajstić information content (AvgIpc) is 2.39. The fraction of sp³-hybridized carbons (Fsp3) is 0.200. The highest BCUT2D eigenvalue weighted by Crippen LogP contribution is 2.38. The van der Waals surface area contributed by atoms with E-state index in [1.165, 1.54) is 12.1 Å². The predicted molar refractivity (Wildman–Crippen MR) is 79.6 cm³/mol. The van der Waals surface area contributed by atoms with Crippen LogP contribution in [0.1, 0.15) is 23.1 Å². The second-order valence-corrected chi connectivity index (χ2v) is 5.29. The van der Waals surface area contributed by atoms with Gasteiger partial charge in [0.25, 0.3) is 0 Å². The number of aliphatic hydroxyl groups excluding tert-OH is 1. The average molecular weight is 314 g/mol. The Kier molecular flexibility index (Phi) is 5.00. The molecule has 20 heavy (non-hydrogen) atoms. The van der Waals surface area contributed by atoms with Gasteiger partial charge in [-0.25, -0.2) is 4.39 Å². The van der Waals surface area contributed by atoms with E-state index in [1.807, 2.05) is 0 Å². The van der Waals surface area contributed by atoms with Crippen molar-refractivity contribution in [3.05, 3.63) is 69.5 Å². The highest BCUT2D eigenvalue weighted by molar-refractivity contribution is 6.36. The van der Waals surface area contributed by atoms with E-state index in [1.54, 1.807) is 30.3 Å². The third-order valence-corrected chi connectivity index (χ3v) is 3.87. The largest absolute Gasteiger partial charge is 0.388 e. The molecule has 0 saturated carbocycles. The lowest BCUT2D eigenvalue weighted by atomic mass is 9.89. The molecule has 2 atom stereocenters. The molecule has 0 bridgehead atoms. The van der Waals surface area contributed by atoms with Gasteiger partial charge < -0.3 is 10.8 Å². The summed E-state index contributed by atoms with van der Waals surface area (Å²) in [5.74, 6) is -0.860. The third-order valence-electron chi connectivity index (χ3n) is 3.21. The molecule has 0 fully saturated rings. The van der Waals surface area contributed by atoms with Crippen LogP contribution in [0.4, 0.5) is 4.39 Å². The van der Waals surface area contributed by atoms with E-state index >= 15 is 0 Å². The van der Waals surface area contributed by atoms with Gasteiger partial charge in [0.05, 0.1) is 6.10 Å². The smallest absolute Gasteiger partial charge is 0.123 e. The second-order valence-electron chi connectivity index (χ2n) is 4.48. The molecule has 2 aromatic rings. The van der Waals surface area contributed by atoms with E-state index in [0.717, 1.165) is 0 Å². The lowest BCUT2D eigenvalue weighted by Gasteiger charge is -2.24. The number of hydrogen-bond donors (Lipinski definition) is 2. The van der Waals surface area contributed by atoms with Gasteiger partial charge in [-0.2, -0.15) is 0 Å². The summed E-state index contributed by atoms with van der Waals surface area (Å²) in [6.45, 7) is 0.145. The first-order valence-corrected chi connectivity index (χ1v) is 6.87. The first kappa shape index (κ1) is 15.3. The minimum absolute atomic E-state index is 0.145. The zero-order valence-electron chi connectivity index (χ0n) is 10.6. The van der Waals surface area contributed by atoms with Gasteiger partial charge in [0.1, 0.15) is 5.82 Å². The molecular weight excluding hydrogens is 300 g/mol. The van der Waals surface area contributed by atoms with Crippen LogP contribution in [-0.2, 0) is 0 Å². The molecule has 2 unspecified atom stereocenters. The number of aliphatic hydroxyl groups is 1. The molecule has 0 aliphatic heterocycles. The summed E-state index contributed by atoms with van der Waals surface area (Å²) >= 11 is 12.2. The van der Waals surface area contributed by atoms with Gasteiger partial charge in [0, 0.05) is 28.1 Å². The van der Waals surface area contributed by atoms with Crippen molar-refractivity contribution in [2.75, 3.05) is 6.54 Å². The van der Waals surface area contributed by atoms with E-state index in [-0.39, 0.29) is 12.4 Å². The summed E-state index contributed by atoms with van der Waals surface area (Å²) in [5, 5.41) is 11.2. The van der Waals surface area contributed by atoms with Gasteiger partial charge in [0.15, 0.2) is 0 Å². The Bertz CT molecular complexity index is 586. The molecule has 2 rings (SSSR count). The van der Waals surface area contributed by atoms with Crippen LogP contribution < -0.4 is 5.73 Å². The maximum Gasteiger partial charge on any atom is 0.123 e. The summed E-state index contributed by atoms with van der Waals surface area (Å²) in [6.07, 6.45) is -0.997. The Balaban J connectivity index is 2.41. The third kappa shape index (κ3) is 3.13. The van der Waals surface area contributed by atoms with E-state index < -0.39 is 12.0 Å². The molecular formula is C15H14Cl2FNO. The molecule has 0 amide bonds. The SMILES string of the molecule is NCC(c1cccc(F)c1)C(O)c1c(Cl)cccc1Cl. The Labute approximate surface area is 126 Å². The fourth-order valence-electron chi connectivity index (χ4n) is 2.18. The standard InChI is InChI=1S/C15H14Cl2FNO/c16-12-5-2-6-13(17)14(12)15(20)11(8-19)9-3-1-4-10(18)7-9/h1-7,11,15,20H,8,19H2. The monoisotopic (exact) mass is 313 g/mol. The van der Waals surface area contributed by atoms with Crippen LogP contribution in [-0.4, -0.2) is 11.7 Å². The molecule has 5 heteroatoms. The topological polar surface area (TPSA) is 46.2 Å². The maximum atomic E-state index is 13.3. The number of halogens is 3. The van der Waals surface area contributed by atoms with Gasteiger partial charge in [-0.3, -0.25) is 0 Å². The summed E-state index contributed by atoms with van der Waals surface area (Å²) < 4.78 is 13.3. The molecule has 0 radical (unpaired) electrons. The number of hydrogen-bond acceptors (Lipinski definition) is 2. The molecule has 0 spiro atoms. The van der Waals surface area contributed by atoms with Gasteiger partial charge in [-0.15, -0.1) is 0 Å². The van der Waals surface area contributed by atoms with E-state index in [0.29, 0.717) is 21.2 Å². The lowest BCUT2D eigenvalue weighted by molar-refractivity contribution is 0.147. The summed E-state index contributed by atoms with van der Waals surface area (Å²) in [6, 6.07) is 11.0. The highest BCUT2D eigenvalue weighted by Gasteiger charge is 2.25. The molecule has 106 valence electrons. The number of rotatable bonds is 4. The van der Waals surface area contributed by atoms with Crippen molar-refractivity contribution < 1.29 is 9.50 Å². The molecule has 0 heterocycles. The molecule has 0 aliphatic carbocycles. The molecule has 0 aliphatic rings. The Morgan fingerprint density at radius 2 is 1.70 bits per heavy atom. The van der Waals surface area contributed by atoms with E-state index in [9.17, 15) is 9.50 Å². The summed E-state index contributed by atoms with van der Waals surface area (Å²) in [7, 11) is 0. The lowest BCUT2D eigenvalue weighted by Crippen LogP contribution is -2.20. The van der Waals surface area contributed by atoms with Crippen LogP contribution >= 0.6 is 23.2 Å². The minimum atomic E-state index is -0.997. The van der Waals surface area contributed by atoms with Crippen molar-refractivity contribution in [3.63, 3.8) is 0 Å². The van der Waals surface area contributed by atoms with E-state index in [2.05, 4.69) is 0 Å². The van der Waals surface area contributed by atoms with Crippen LogP contribution in [0.2, 0.25) is 10.0 Å². The number of benzene rings is 2. The summed E-state index contributed by atoms with van der Waals surface area (Å²) in [5.41, 5.74) is 6.74. The zero-order chi connectivity index (χ0) is 14.7. The Morgan fingerprint density at radius 1 is 1.10 bits per heavy atom. The molecule has 0 aromatic heterocycles. The van der Waals surface area contributed by atoms with Crippen LogP contribution in [0.5, 0.6) is 0 Å². The second kappa shape index (κ2) is 6.55. The molecule has 3 N–H and O–H groups in total. The Hall–Kier alpha value is -1.13. The van der Waals surface area contributed by atoms with E-state index in [4.69, 9.17) is 28.9 Å². The van der Waals surface area contributed by atoms with Crippen LogP contribution in [0.3, 0.4) is 0 Å². The molecule has 2 nitrogen and oxygen atoms in total. The van der Waals surface area contributed by atoms with Crippen LogP contribution in [0.15, 0.2) is 42.5 Å². The number of nitrogens with two attached hydrogens (primary N) is 1. The first-order chi connectivity index (χ1) is 9.54. The van der Waals surface area contributed by atoms with Gasteiger partial charge in [-0.1, -0.05) is 41.4 Å². The van der Waals surface area contributed by atoms with Crippen LogP contribution in [0, 0.1) is 5.82 Å². The Morgan fingerprint density at radius 3 is 2.25 bits per heavy atom. The quantitative estimate of drug-likeness (QED) is 0.899.